The molecule has 1 aliphatic rings. The van der Waals surface area contributed by atoms with Crippen molar-refractivity contribution in [1.82, 2.24) is 20.4 Å². The second-order valence-corrected chi connectivity index (χ2v) is 7.84. The van der Waals surface area contributed by atoms with Crippen LogP contribution in [-0.2, 0) is 4.79 Å². The average Bonchev–Trinajstić information content (AvgIpc) is 3.12. The molecule has 1 fully saturated rings. The minimum atomic E-state index is -0.545. The summed E-state index contributed by atoms with van der Waals surface area (Å²) in [7, 11) is 0. The molecule has 0 radical (unpaired) electrons. The summed E-state index contributed by atoms with van der Waals surface area (Å²) in [4.78, 5) is 31.8. The maximum Gasteiger partial charge on any atom is 0.251 e. The van der Waals surface area contributed by atoms with Gasteiger partial charge in [0, 0.05) is 24.6 Å². The summed E-state index contributed by atoms with van der Waals surface area (Å²) in [6, 6.07) is 6.81. The van der Waals surface area contributed by atoms with Gasteiger partial charge < -0.3 is 14.7 Å². The highest BCUT2D eigenvalue weighted by Gasteiger charge is 2.33. The molecule has 1 aliphatic heterocycles. The maximum absolute atomic E-state index is 13.1. The normalized spacial score (nSPS) is 16.2. The summed E-state index contributed by atoms with van der Waals surface area (Å²) in [5, 5.41) is 6.77. The summed E-state index contributed by atoms with van der Waals surface area (Å²) >= 11 is 0. The first-order valence-corrected chi connectivity index (χ1v) is 9.81. The van der Waals surface area contributed by atoms with Crippen molar-refractivity contribution in [3.63, 3.8) is 0 Å². The Bertz CT molecular complexity index is 820. The Kier molecular flexibility index (Phi) is 6.11. The van der Waals surface area contributed by atoms with Gasteiger partial charge in [0.05, 0.1) is 0 Å². The number of carbonyl (C=O) groups excluding carboxylic acids is 2. The van der Waals surface area contributed by atoms with E-state index in [-0.39, 0.29) is 23.7 Å². The van der Waals surface area contributed by atoms with E-state index < -0.39 is 6.04 Å². The van der Waals surface area contributed by atoms with Gasteiger partial charge in [0.2, 0.25) is 11.8 Å². The molecule has 0 saturated carbocycles. The highest BCUT2D eigenvalue weighted by Crippen LogP contribution is 2.27. The van der Waals surface area contributed by atoms with E-state index in [1.165, 1.54) is 0 Å². The molecule has 2 amide bonds. The standard InChI is InChI=1S/C21H28N4O3/c1-13(2)18(23-19(26)16-7-5-14(3)6-8-16)21(27)25-11-9-17(10-12-25)20-22-15(4)24-28-20/h5-8,13,17-18H,9-12H2,1-4H3,(H,23,26). The molecule has 2 aromatic rings. The third kappa shape index (κ3) is 4.58. The van der Waals surface area contributed by atoms with Crippen molar-refractivity contribution in [3.8, 4) is 0 Å². The van der Waals surface area contributed by atoms with Crippen LogP contribution in [0.25, 0.3) is 0 Å². The Balaban J connectivity index is 1.61. The van der Waals surface area contributed by atoms with Gasteiger partial charge in [-0.3, -0.25) is 9.59 Å². The molecule has 1 saturated heterocycles. The summed E-state index contributed by atoms with van der Waals surface area (Å²) in [5.41, 5.74) is 1.65. The number of carbonyl (C=O) groups is 2. The topological polar surface area (TPSA) is 88.3 Å². The largest absolute Gasteiger partial charge is 0.341 e. The SMILES string of the molecule is Cc1ccc(C(=O)NC(C(=O)N2CCC(c3nc(C)no3)CC2)C(C)C)cc1. The van der Waals surface area contributed by atoms with Crippen LogP contribution in [0.2, 0.25) is 0 Å². The van der Waals surface area contributed by atoms with E-state index in [1.54, 1.807) is 19.1 Å². The van der Waals surface area contributed by atoms with Gasteiger partial charge >= 0.3 is 0 Å². The second-order valence-electron chi connectivity index (χ2n) is 7.84. The van der Waals surface area contributed by atoms with Crippen LogP contribution in [0.3, 0.4) is 0 Å². The van der Waals surface area contributed by atoms with E-state index in [0.29, 0.717) is 30.4 Å². The zero-order valence-corrected chi connectivity index (χ0v) is 16.9. The molecule has 0 aliphatic carbocycles. The monoisotopic (exact) mass is 384 g/mol. The molecule has 0 bridgehead atoms. The Hall–Kier alpha value is -2.70. The Morgan fingerprint density at radius 2 is 1.79 bits per heavy atom. The lowest BCUT2D eigenvalue weighted by atomic mass is 9.94. The third-order valence-electron chi connectivity index (χ3n) is 5.23. The van der Waals surface area contributed by atoms with Gasteiger partial charge in [0.1, 0.15) is 6.04 Å². The number of nitrogens with one attached hydrogen (secondary N) is 1. The Labute approximate surface area is 165 Å². The summed E-state index contributed by atoms with van der Waals surface area (Å²) in [6.45, 7) is 8.91. The molecule has 7 nitrogen and oxygen atoms in total. The van der Waals surface area contributed by atoms with Crippen LogP contribution in [0.5, 0.6) is 0 Å². The number of aromatic nitrogens is 2. The zero-order valence-electron chi connectivity index (χ0n) is 16.9. The van der Waals surface area contributed by atoms with Crippen LogP contribution >= 0.6 is 0 Å². The lowest BCUT2D eigenvalue weighted by Crippen LogP contribution is -2.52. The number of likely N-dealkylation sites (tertiary alicyclic amines) is 1. The van der Waals surface area contributed by atoms with Crippen molar-refractivity contribution in [2.45, 2.75) is 52.5 Å². The molecular weight excluding hydrogens is 356 g/mol. The molecular formula is C21H28N4O3. The number of hydrogen-bond acceptors (Lipinski definition) is 5. The van der Waals surface area contributed by atoms with Crippen molar-refractivity contribution >= 4 is 11.8 Å². The van der Waals surface area contributed by atoms with Crippen LogP contribution in [0, 0.1) is 19.8 Å². The number of aryl methyl sites for hydroxylation is 2. The molecule has 3 rings (SSSR count). The fourth-order valence-electron chi connectivity index (χ4n) is 3.47. The molecule has 1 atom stereocenters. The van der Waals surface area contributed by atoms with E-state index in [1.807, 2.05) is 37.8 Å². The van der Waals surface area contributed by atoms with E-state index in [0.717, 1.165) is 18.4 Å². The number of hydrogen-bond donors (Lipinski definition) is 1. The number of amides is 2. The van der Waals surface area contributed by atoms with E-state index in [2.05, 4.69) is 15.5 Å². The quantitative estimate of drug-likeness (QED) is 0.856. The molecule has 150 valence electrons. The first-order valence-electron chi connectivity index (χ1n) is 9.81. The predicted octanol–water partition coefficient (Wildman–Crippen LogP) is 2.85. The summed E-state index contributed by atoms with van der Waals surface area (Å²) in [5.74, 6) is 1.21. The number of nitrogens with zero attached hydrogens (tertiary/aromatic N) is 3. The second kappa shape index (κ2) is 8.54. The van der Waals surface area contributed by atoms with Gasteiger partial charge in [-0.25, -0.2) is 0 Å². The minimum Gasteiger partial charge on any atom is -0.341 e. The zero-order chi connectivity index (χ0) is 20.3. The van der Waals surface area contributed by atoms with Gasteiger partial charge in [0.15, 0.2) is 5.82 Å². The molecule has 2 heterocycles. The van der Waals surface area contributed by atoms with Gasteiger partial charge in [-0.15, -0.1) is 0 Å². The van der Waals surface area contributed by atoms with Crippen molar-refractivity contribution in [1.29, 1.82) is 0 Å². The molecule has 1 aromatic heterocycles. The number of rotatable bonds is 5. The maximum atomic E-state index is 13.1. The van der Waals surface area contributed by atoms with Crippen LogP contribution in [0.15, 0.2) is 28.8 Å². The van der Waals surface area contributed by atoms with Gasteiger partial charge in [-0.2, -0.15) is 4.98 Å². The van der Waals surface area contributed by atoms with Gasteiger partial charge in [0.25, 0.3) is 5.91 Å². The number of benzene rings is 1. The lowest BCUT2D eigenvalue weighted by Gasteiger charge is -2.34. The van der Waals surface area contributed by atoms with Crippen molar-refractivity contribution in [3.05, 3.63) is 47.1 Å². The molecule has 0 spiro atoms. The third-order valence-corrected chi connectivity index (χ3v) is 5.23. The van der Waals surface area contributed by atoms with Crippen molar-refractivity contribution < 1.29 is 14.1 Å². The lowest BCUT2D eigenvalue weighted by molar-refractivity contribution is -0.135. The first kappa shape index (κ1) is 20.0. The highest BCUT2D eigenvalue weighted by atomic mass is 16.5. The van der Waals surface area contributed by atoms with E-state index in [4.69, 9.17) is 4.52 Å². The molecule has 1 N–H and O–H groups in total. The molecule has 1 aromatic carbocycles. The van der Waals surface area contributed by atoms with Gasteiger partial charge in [-0.1, -0.05) is 36.7 Å². The van der Waals surface area contributed by atoms with Crippen LogP contribution < -0.4 is 5.32 Å². The van der Waals surface area contributed by atoms with E-state index >= 15 is 0 Å². The minimum absolute atomic E-state index is 0.00166. The highest BCUT2D eigenvalue weighted by molar-refractivity contribution is 5.97. The molecule has 28 heavy (non-hydrogen) atoms. The molecule has 1 unspecified atom stereocenters. The van der Waals surface area contributed by atoms with E-state index in [9.17, 15) is 9.59 Å². The smallest absolute Gasteiger partial charge is 0.251 e. The molecule has 7 heteroatoms. The van der Waals surface area contributed by atoms with Crippen LogP contribution in [-0.4, -0.2) is 46.0 Å². The average molecular weight is 384 g/mol. The van der Waals surface area contributed by atoms with Crippen LogP contribution in [0.1, 0.15) is 60.2 Å². The predicted molar refractivity (Wildman–Crippen MR) is 105 cm³/mol. The van der Waals surface area contributed by atoms with Crippen molar-refractivity contribution in [2.75, 3.05) is 13.1 Å². The Morgan fingerprint density at radius 3 is 2.32 bits per heavy atom. The first-order chi connectivity index (χ1) is 13.3. The number of piperidine rings is 1. The fourth-order valence-corrected chi connectivity index (χ4v) is 3.47. The van der Waals surface area contributed by atoms with Crippen molar-refractivity contribution in [2.24, 2.45) is 5.92 Å². The fraction of sp³-hybridized carbons (Fsp3) is 0.524. The van der Waals surface area contributed by atoms with Crippen LogP contribution in [0.4, 0.5) is 0 Å². The summed E-state index contributed by atoms with van der Waals surface area (Å²) in [6.07, 6.45) is 1.56. The Morgan fingerprint density at radius 1 is 1.14 bits per heavy atom. The van der Waals surface area contributed by atoms with Gasteiger partial charge in [-0.05, 0) is 44.7 Å². The summed E-state index contributed by atoms with van der Waals surface area (Å²) < 4.78 is 5.27.